The van der Waals surface area contributed by atoms with Crippen LogP contribution >= 0.6 is 0 Å². The van der Waals surface area contributed by atoms with Gasteiger partial charge >= 0.3 is 5.97 Å². The van der Waals surface area contributed by atoms with E-state index in [2.05, 4.69) is 4.74 Å². The quantitative estimate of drug-likeness (QED) is 0.515. The van der Waals surface area contributed by atoms with E-state index in [1.807, 2.05) is 0 Å². The molecule has 0 amide bonds. The highest BCUT2D eigenvalue weighted by atomic mass is 16.5. The van der Waals surface area contributed by atoms with Crippen LogP contribution in [-0.4, -0.2) is 24.8 Å². The third kappa shape index (κ3) is 10.8. The van der Waals surface area contributed by atoms with Crippen molar-refractivity contribution in [2.24, 2.45) is 0 Å². The molecule has 4 N–H and O–H groups in total. The fraction of sp³-hybridized carbons (Fsp3) is 0.667. The Morgan fingerprint density at radius 2 is 2.29 bits per heavy atom. The van der Waals surface area contributed by atoms with Crippen molar-refractivity contribution in [3.05, 3.63) is 0 Å². The molecule has 44 valence electrons. The van der Waals surface area contributed by atoms with Crippen LogP contribution in [0.5, 0.6) is 0 Å². The third-order valence-electron chi connectivity index (χ3n) is 0.268. The summed E-state index contributed by atoms with van der Waals surface area (Å²) in [5.74, 6) is -0.933. The molecule has 0 aromatic heterocycles. The Labute approximate surface area is 41.7 Å². The number of hydrogen-bond acceptors (Lipinski definition) is 3. The summed E-state index contributed by atoms with van der Waals surface area (Å²) < 4.78 is 4.20. The molecule has 4 nitrogen and oxygen atoms in total. The van der Waals surface area contributed by atoms with Gasteiger partial charge in [-0.15, -0.1) is 0 Å². The van der Waals surface area contributed by atoms with E-state index in [1.165, 1.54) is 7.11 Å². The van der Waals surface area contributed by atoms with Crippen LogP contribution in [0.25, 0.3) is 0 Å². The van der Waals surface area contributed by atoms with Gasteiger partial charge in [-0.2, -0.15) is 0 Å². The number of aliphatic carboxylic acids is 1. The van der Waals surface area contributed by atoms with E-state index in [0.29, 0.717) is 0 Å². The monoisotopic (exact) mass is 107 g/mol. The number of hydrogen-bond donors (Lipinski definition) is 2. The van der Waals surface area contributed by atoms with Crippen LogP contribution in [0, 0.1) is 0 Å². The van der Waals surface area contributed by atoms with Gasteiger partial charge in [-0.3, -0.25) is 0 Å². The number of methoxy groups -OCH3 is 1. The maximum atomic E-state index is 9.47. The van der Waals surface area contributed by atoms with Crippen molar-refractivity contribution in [2.75, 3.05) is 13.7 Å². The maximum Gasteiger partial charge on any atom is 0.329 e. The van der Waals surface area contributed by atoms with Gasteiger partial charge in [0, 0.05) is 7.11 Å². The molecule has 0 radical (unpaired) electrons. The lowest BCUT2D eigenvalue weighted by atomic mass is 10.8. The molecule has 0 aliphatic heterocycles. The molecule has 0 aromatic carbocycles. The van der Waals surface area contributed by atoms with Crippen molar-refractivity contribution in [3.63, 3.8) is 0 Å². The van der Waals surface area contributed by atoms with Crippen LogP contribution in [0.3, 0.4) is 0 Å². The second-order valence-electron chi connectivity index (χ2n) is 0.827. The van der Waals surface area contributed by atoms with Gasteiger partial charge in [0.25, 0.3) is 0 Å². The normalized spacial score (nSPS) is 7.00. The van der Waals surface area contributed by atoms with E-state index >= 15 is 0 Å². The Bertz CT molecular complexity index is 54.1. The molecular formula is C3H9NO3. The highest BCUT2D eigenvalue weighted by molar-refractivity contribution is 5.67. The summed E-state index contributed by atoms with van der Waals surface area (Å²) in [7, 11) is 1.34. The zero-order valence-corrected chi connectivity index (χ0v) is 4.18. The minimum absolute atomic E-state index is 0. The first kappa shape index (κ1) is 9.63. The fourth-order valence-corrected chi connectivity index (χ4v) is 0.123. The summed E-state index contributed by atoms with van der Waals surface area (Å²) in [4.78, 5) is 9.47. The number of ether oxygens (including phenoxy) is 1. The van der Waals surface area contributed by atoms with Crippen LogP contribution in [0.2, 0.25) is 0 Å². The Hall–Kier alpha value is -0.610. The van der Waals surface area contributed by atoms with E-state index in [-0.39, 0.29) is 12.8 Å². The first-order valence-electron chi connectivity index (χ1n) is 1.48. The van der Waals surface area contributed by atoms with Crippen LogP contribution in [-0.2, 0) is 9.53 Å². The Morgan fingerprint density at radius 3 is 2.29 bits per heavy atom. The molecule has 0 rings (SSSR count). The number of rotatable bonds is 2. The zero-order chi connectivity index (χ0) is 4.99. The summed E-state index contributed by atoms with van der Waals surface area (Å²) in [6, 6.07) is 0. The van der Waals surface area contributed by atoms with Crippen LogP contribution in [0.1, 0.15) is 0 Å². The highest BCUT2D eigenvalue weighted by Gasteiger charge is 1.87. The molecule has 0 atom stereocenters. The van der Waals surface area contributed by atoms with Crippen molar-refractivity contribution < 1.29 is 14.6 Å². The van der Waals surface area contributed by atoms with Crippen LogP contribution in [0.4, 0.5) is 0 Å². The lowest BCUT2D eigenvalue weighted by molar-refractivity contribution is -0.141. The average Bonchev–Trinajstić information content (AvgIpc) is 1.35. The third-order valence-corrected chi connectivity index (χ3v) is 0.268. The van der Waals surface area contributed by atoms with Gasteiger partial charge in [-0.1, -0.05) is 0 Å². The molecular weight excluding hydrogens is 98.0 g/mol. The van der Waals surface area contributed by atoms with Crippen molar-refractivity contribution >= 4 is 5.97 Å². The lowest BCUT2D eigenvalue weighted by Crippen LogP contribution is -2.02. The minimum atomic E-state index is -0.933. The molecule has 0 fully saturated rings. The van der Waals surface area contributed by atoms with Gasteiger partial charge < -0.3 is 16.0 Å². The predicted octanol–water partition coefficient (Wildman–Crippen LogP) is -0.121. The Kier molecular flexibility index (Phi) is 7.42. The summed E-state index contributed by atoms with van der Waals surface area (Å²) in [5.41, 5.74) is 0. The van der Waals surface area contributed by atoms with Crippen molar-refractivity contribution in [1.82, 2.24) is 6.15 Å². The molecule has 0 unspecified atom stereocenters. The van der Waals surface area contributed by atoms with Crippen LogP contribution < -0.4 is 6.15 Å². The van der Waals surface area contributed by atoms with Gasteiger partial charge in [-0.25, -0.2) is 4.79 Å². The Balaban J connectivity index is 0. The van der Waals surface area contributed by atoms with E-state index in [9.17, 15) is 4.79 Å². The first-order chi connectivity index (χ1) is 2.77. The van der Waals surface area contributed by atoms with Crippen molar-refractivity contribution in [3.8, 4) is 0 Å². The molecule has 0 aliphatic rings. The van der Waals surface area contributed by atoms with Gasteiger partial charge in [0.1, 0.15) is 6.61 Å². The van der Waals surface area contributed by atoms with E-state index in [0.717, 1.165) is 0 Å². The molecule has 0 aliphatic carbocycles. The molecule has 0 aromatic rings. The molecule has 0 saturated carbocycles. The molecule has 0 spiro atoms. The minimum Gasteiger partial charge on any atom is -0.480 e. The molecule has 0 saturated heterocycles. The highest BCUT2D eigenvalue weighted by Crippen LogP contribution is 1.61. The summed E-state index contributed by atoms with van der Waals surface area (Å²) >= 11 is 0. The largest absolute Gasteiger partial charge is 0.480 e. The van der Waals surface area contributed by atoms with Gasteiger partial charge in [0.05, 0.1) is 0 Å². The van der Waals surface area contributed by atoms with Gasteiger partial charge in [0.2, 0.25) is 0 Å². The van der Waals surface area contributed by atoms with E-state index in [1.54, 1.807) is 0 Å². The number of carboxylic acids is 1. The molecule has 0 bridgehead atoms. The first-order valence-corrected chi connectivity index (χ1v) is 1.48. The summed E-state index contributed by atoms with van der Waals surface area (Å²) in [6.45, 7) is -0.208. The summed E-state index contributed by atoms with van der Waals surface area (Å²) in [6.07, 6.45) is 0. The lowest BCUT2D eigenvalue weighted by Gasteiger charge is -1.83. The molecule has 0 heterocycles. The molecule has 7 heavy (non-hydrogen) atoms. The number of carboxylic acid groups (broad SMARTS) is 1. The summed E-state index contributed by atoms with van der Waals surface area (Å²) in [5, 5.41) is 7.79. The van der Waals surface area contributed by atoms with Gasteiger partial charge in [0.15, 0.2) is 0 Å². The smallest absolute Gasteiger partial charge is 0.329 e. The van der Waals surface area contributed by atoms with Gasteiger partial charge in [-0.05, 0) is 0 Å². The SMILES string of the molecule is COCC(=O)O.N. The zero-order valence-electron chi connectivity index (χ0n) is 4.18. The maximum absolute atomic E-state index is 9.47. The van der Waals surface area contributed by atoms with E-state index in [4.69, 9.17) is 5.11 Å². The van der Waals surface area contributed by atoms with Crippen LogP contribution in [0.15, 0.2) is 0 Å². The van der Waals surface area contributed by atoms with Crippen molar-refractivity contribution in [1.29, 1.82) is 0 Å². The second kappa shape index (κ2) is 5.39. The predicted molar refractivity (Wildman–Crippen MR) is 24.5 cm³/mol. The standard InChI is InChI=1S/C3H6O3.H3N/c1-6-2-3(4)5;/h2H2,1H3,(H,4,5);1H3. The molecule has 4 heteroatoms. The van der Waals surface area contributed by atoms with E-state index < -0.39 is 5.97 Å². The fourth-order valence-electron chi connectivity index (χ4n) is 0.123. The Morgan fingerprint density at radius 1 is 1.86 bits per heavy atom. The average molecular weight is 107 g/mol. The topological polar surface area (TPSA) is 81.5 Å². The second-order valence-corrected chi connectivity index (χ2v) is 0.827. The number of carbonyl (C=O) groups is 1. The van der Waals surface area contributed by atoms with Crippen molar-refractivity contribution in [2.45, 2.75) is 0 Å².